The molecular formula is C21H24ClN3O. The van der Waals surface area contributed by atoms with Crippen molar-refractivity contribution in [2.45, 2.75) is 38.8 Å². The van der Waals surface area contributed by atoms with Crippen molar-refractivity contribution in [1.29, 1.82) is 0 Å². The van der Waals surface area contributed by atoms with Gasteiger partial charge in [0.05, 0.1) is 11.0 Å². The van der Waals surface area contributed by atoms with Crippen molar-refractivity contribution < 1.29 is 0 Å². The number of likely N-dealkylation sites (tertiary alicyclic amines) is 1. The van der Waals surface area contributed by atoms with E-state index in [2.05, 4.69) is 48.0 Å². The van der Waals surface area contributed by atoms with Gasteiger partial charge in [0.25, 0.3) is 0 Å². The van der Waals surface area contributed by atoms with E-state index in [0.29, 0.717) is 11.1 Å². The van der Waals surface area contributed by atoms with Crippen molar-refractivity contribution in [3.63, 3.8) is 0 Å². The van der Waals surface area contributed by atoms with Crippen molar-refractivity contribution in [2.24, 2.45) is 0 Å². The predicted molar refractivity (Wildman–Crippen MR) is 107 cm³/mol. The standard InChI is InChI=1S/C21H24ClN3O/c1-14-3-5-16(6-4-14)15(2)24-11-9-18(10-12-24)25-20-8-7-17(22)13-19(20)23-21(25)26/h3-8,13,15,18H,9-12H2,1-2H3,(H,23,26). The lowest BCUT2D eigenvalue weighted by atomic mass is 9.99. The van der Waals surface area contributed by atoms with E-state index in [9.17, 15) is 4.79 Å². The lowest BCUT2D eigenvalue weighted by Crippen LogP contribution is -2.38. The number of hydrogen-bond acceptors (Lipinski definition) is 2. The normalized spacial score (nSPS) is 17.7. The Morgan fingerprint density at radius 3 is 2.50 bits per heavy atom. The van der Waals surface area contributed by atoms with Crippen molar-refractivity contribution >= 4 is 22.6 Å². The Bertz CT molecular complexity index is 965. The fourth-order valence-electron chi connectivity index (χ4n) is 4.05. The number of nitrogens with one attached hydrogen (secondary N) is 1. The first-order valence-corrected chi connectivity index (χ1v) is 9.61. The van der Waals surface area contributed by atoms with Crippen LogP contribution >= 0.6 is 11.6 Å². The lowest BCUT2D eigenvalue weighted by Gasteiger charge is -2.36. The SMILES string of the molecule is Cc1ccc(C(C)N2CCC(n3c(=O)[nH]c4cc(Cl)ccc43)CC2)cc1. The molecule has 1 fully saturated rings. The number of halogens is 1. The second-order valence-corrected chi connectivity index (χ2v) is 7.75. The average Bonchev–Trinajstić information content (AvgIpc) is 2.96. The van der Waals surface area contributed by atoms with E-state index < -0.39 is 0 Å². The summed E-state index contributed by atoms with van der Waals surface area (Å²) in [6.45, 7) is 6.37. The number of hydrogen-bond donors (Lipinski definition) is 1. The van der Waals surface area contributed by atoms with Crippen LogP contribution in [0.3, 0.4) is 0 Å². The van der Waals surface area contributed by atoms with Gasteiger partial charge >= 0.3 is 5.69 Å². The number of imidazole rings is 1. The zero-order valence-electron chi connectivity index (χ0n) is 15.2. The Kier molecular flexibility index (Phi) is 4.63. The molecule has 136 valence electrons. The van der Waals surface area contributed by atoms with E-state index in [4.69, 9.17) is 11.6 Å². The third kappa shape index (κ3) is 3.19. The first-order valence-electron chi connectivity index (χ1n) is 9.23. The summed E-state index contributed by atoms with van der Waals surface area (Å²) < 4.78 is 1.92. The average molecular weight is 370 g/mol. The van der Waals surface area contributed by atoms with Crippen LogP contribution in [0, 0.1) is 6.92 Å². The first-order chi connectivity index (χ1) is 12.5. The van der Waals surface area contributed by atoms with Gasteiger partial charge in [-0.3, -0.25) is 9.47 Å². The third-order valence-corrected chi connectivity index (χ3v) is 5.89. The van der Waals surface area contributed by atoms with Crippen LogP contribution < -0.4 is 5.69 Å². The van der Waals surface area contributed by atoms with Crippen LogP contribution in [0.25, 0.3) is 11.0 Å². The van der Waals surface area contributed by atoms with E-state index in [-0.39, 0.29) is 11.7 Å². The van der Waals surface area contributed by atoms with Crippen LogP contribution in [0.2, 0.25) is 5.02 Å². The number of aromatic nitrogens is 2. The van der Waals surface area contributed by atoms with Gasteiger partial charge in [-0.2, -0.15) is 0 Å². The fourth-order valence-corrected chi connectivity index (χ4v) is 4.23. The molecule has 26 heavy (non-hydrogen) atoms. The van der Waals surface area contributed by atoms with Gasteiger partial charge < -0.3 is 4.98 Å². The molecule has 4 rings (SSSR count). The van der Waals surface area contributed by atoms with E-state index >= 15 is 0 Å². The number of nitrogens with zero attached hydrogens (tertiary/aromatic N) is 2. The van der Waals surface area contributed by atoms with Crippen LogP contribution in [0.1, 0.15) is 43.0 Å². The molecule has 4 nitrogen and oxygen atoms in total. The number of aryl methyl sites for hydroxylation is 1. The molecule has 1 aliphatic rings. The molecule has 0 aliphatic carbocycles. The lowest BCUT2D eigenvalue weighted by molar-refractivity contribution is 0.144. The smallest absolute Gasteiger partial charge is 0.305 e. The molecule has 0 bridgehead atoms. The fraction of sp³-hybridized carbons (Fsp3) is 0.381. The van der Waals surface area contributed by atoms with Crippen molar-refractivity contribution in [3.8, 4) is 0 Å². The van der Waals surface area contributed by atoms with E-state index in [0.717, 1.165) is 37.0 Å². The first kappa shape index (κ1) is 17.4. The largest absolute Gasteiger partial charge is 0.326 e. The van der Waals surface area contributed by atoms with E-state index in [1.807, 2.05) is 22.8 Å². The molecule has 2 aromatic carbocycles. The van der Waals surface area contributed by atoms with Crippen LogP contribution in [-0.4, -0.2) is 27.5 Å². The molecule has 1 unspecified atom stereocenters. The molecule has 5 heteroatoms. The second kappa shape index (κ2) is 6.93. The topological polar surface area (TPSA) is 41.0 Å². The predicted octanol–water partition coefficient (Wildman–Crippen LogP) is 4.69. The zero-order chi connectivity index (χ0) is 18.3. The summed E-state index contributed by atoms with van der Waals surface area (Å²) in [5.41, 5.74) is 4.38. The molecule has 1 N–H and O–H groups in total. The number of piperidine rings is 1. The number of fused-ring (bicyclic) bond motifs is 1. The summed E-state index contributed by atoms with van der Waals surface area (Å²) >= 11 is 6.05. The van der Waals surface area contributed by atoms with Crippen molar-refractivity contribution in [3.05, 3.63) is 69.1 Å². The minimum atomic E-state index is -0.0349. The molecule has 1 atom stereocenters. The van der Waals surface area contributed by atoms with Gasteiger partial charge in [-0.1, -0.05) is 41.4 Å². The van der Waals surface area contributed by atoms with Gasteiger partial charge in [0.1, 0.15) is 0 Å². The van der Waals surface area contributed by atoms with Crippen LogP contribution in [0.5, 0.6) is 0 Å². The maximum absolute atomic E-state index is 12.5. The minimum Gasteiger partial charge on any atom is -0.305 e. The molecule has 2 heterocycles. The van der Waals surface area contributed by atoms with E-state index in [1.54, 1.807) is 0 Å². The van der Waals surface area contributed by atoms with Gasteiger partial charge in [-0.15, -0.1) is 0 Å². The molecule has 0 spiro atoms. The highest BCUT2D eigenvalue weighted by Gasteiger charge is 2.26. The van der Waals surface area contributed by atoms with Crippen LogP contribution in [-0.2, 0) is 0 Å². The number of aromatic amines is 1. The monoisotopic (exact) mass is 369 g/mol. The zero-order valence-corrected chi connectivity index (χ0v) is 16.0. The summed E-state index contributed by atoms with van der Waals surface area (Å²) in [7, 11) is 0. The maximum atomic E-state index is 12.5. The molecular weight excluding hydrogens is 346 g/mol. The molecule has 0 radical (unpaired) electrons. The molecule has 1 aliphatic heterocycles. The number of benzene rings is 2. The second-order valence-electron chi connectivity index (χ2n) is 7.32. The summed E-state index contributed by atoms with van der Waals surface area (Å²) in [6, 6.07) is 15.0. The van der Waals surface area contributed by atoms with Crippen molar-refractivity contribution in [1.82, 2.24) is 14.5 Å². The third-order valence-electron chi connectivity index (χ3n) is 5.65. The molecule has 1 saturated heterocycles. The Morgan fingerprint density at radius 2 is 1.81 bits per heavy atom. The minimum absolute atomic E-state index is 0.0349. The molecule has 0 saturated carbocycles. The summed E-state index contributed by atoms with van der Waals surface area (Å²) in [6.07, 6.45) is 1.96. The van der Waals surface area contributed by atoms with Crippen LogP contribution in [0.4, 0.5) is 0 Å². The Labute approximate surface area is 158 Å². The summed E-state index contributed by atoms with van der Waals surface area (Å²) in [5.74, 6) is 0. The Hall–Kier alpha value is -2.04. The Balaban J connectivity index is 1.51. The highest BCUT2D eigenvalue weighted by Crippen LogP contribution is 2.30. The molecule has 1 aromatic heterocycles. The van der Waals surface area contributed by atoms with Gasteiger partial charge in [0.2, 0.25) is 0 Å². The van der Waals surface area contributed by atoms with Gasteiger partial charge in [0.15, 0.2) is 0 Å². The van der Waals surface area contributed by atoms with Crippen LogP contribution in [0.15, 0.2) is 47.3 Å². The van der Waals surface area contributed by atoms with Gasteiger partial charge in [-0.05, 0) is 50.5 Å². The van der Waals surface area contributed by atoms with Crippen molar-refractivity contribution in [2.75, 3.05) is 13.1 Å². The summed E-state index contributed by atoms with van der Waals surface area (Å²) in [4.78, 5) is 17.9. The number of rotatable bonds is 3. The number of H-pyrrole nitrogens is 1. The maximum Gasteiger partial charge on any atom is 0.326 e. The highest BCUT2D eigenvalue weighted by atomic mass is 35.5. The van der Waals surface area contributed by atoms with Gasteiger partial charge in [0, 0.05) is 30.2 Å². The Morgan fingerprint density at radius 1 is 1.12 bits per heavy atom. The molecule has 3 aromatic rings. The highest BCUT2D eigenvalue weighted by molar-refractivity contribution is 6.31. The molecule has 0 amide bonds. The van der Waals surface area contributed by atoms with Gasteiger partial charge in [-0.25, -0.2) is 4.79 Å². The van der Waals surface area contributed by atoms with E-state index in [1.165, 1.54) is 11.1 Å². The quantitative estimate of drug-likeness (QED) is 0.727. The summed E-state index contributed by atoms with van der Waals surface area (Å²) in [5, 5.41) is 0.646.